The Labute approximate surface area is 146 Å². The van der Waals surface area contributed by atoms with Gasteiger partial charge in [0.15, 0.2) is 0 Å². The Balaban J connectivity index is 1.76. The van der Waals surface area contributed by atoms with Gasteiger partial charge in [0.1, 0.15) is 6.04 Å². The first-order chi connectivity index (χ1) is 11.6. The van der Waals surface area contributed by atoms with Gasteiger partial charge < -0.3 is 5.32 Å². The Morgan fingerprint density at radius 2 is 1.96 bits per heavy atom. The van der Waals surface area contributed by atoms with Crippen LogP contribution in [-0.4, -0.2) is 31.2 Å². The van der Waals surface area contributed by atoms with E-state index in [-0.39, 0.29) is 10.8 Å². The first-order valence-corrected chi connectivity index (χ1v) is 10.3. The van der Waals surface area contributed by atoms with Crippen LogP contribution in [0.25, 0.3) is 0 Å². The minimum atomic E-state index is -3.65. The largest absolute Gasteiger partial charge is 0.350 e. The monoisotopic (exact) mass is 364 g/mol. The molecule has 0 aliphatic carbocycles. The Bertz CT molecular complexity index is 773. The molecule has 1 saturated heterocycles. The van der Waals surface area contributed by atoms with Crippen LogP contribution in [0.4, 0.5) is 0 Å². The van der Waals surface area contributed by atoms with Crippen molar-refractivity contribution in [3.8, 4) is 0 Å². The van der Waals surface area contributed by atoms with E-state index in [2.05, 4.69) is 5.32 Å². The average Bonchev–Trinajstić information content (AvgIpc) is 3.14. The molecule has 2 aromatic rings. The van der Waals surface area contributed by atoms with Crippen molar-refractivity contribution in [2.75, 3.05) is 6.54 Å². The maximum atomic E-state index is 12.9. The molecule has 1 aromatic heterocycles. The summed E-state index contributed by atoms with van der Waals surface area (Å²) in [6.07, 6.45) is 2.20. The normalized spacial score (nSPS) is 19.1. The topological polar surface area (TPSA) is 66.5 Å². The molecule has 3 rings (SSSR count). The highest BCUT2D eigenvalue weighted by molar-refractivity contribution is 7.89. The quantitative estimate of drug-likeness (QED) is 0.887. The predicted molar refractivity (Wildman–Crippen MR) is 94.1 cm³/mol. The van der Waals surface area contributed by atoms with E-state index >= 15 is 0 Å². The molecular formula is C17H20N2O3S2. The van der Waals surface area contributed by atoms with Crippen LogP contribution in [0.15, 0.2) is 52.7 Å². The number of amides is 1. The number of nitrogens with zero attached hydrogens (tertiary/aromatic N) is 1. The number of benzene rings is 1. The maximum Gasteiger partial charge on any atom is 0.243 e. The third-order valence-electron chi connectivity index (χ3n) is 4.12. The van der Waals surface area contributed by atoms with Crippen LogP contribution in [0.1, 0.15) is 24.1 Å². The molecule has 5 nitrogen and oxygen atoms in total. The van der Waals surface area contributed by atoms with Gasteiger partial charge >= 0.3 is 0 Å². The number of piperidine rings is 1. The first kappa shape index (κ1) is 17.1. The molecule has 2 heterocycles. The van der Waals surface area contributed by atoms with Crippen LogP contribution in [-0.2, 0) is 21.4 Å². The van der Waals surface area contributed by atoms with Crippen molar-refractivity contribution in [1.82, 2.24) is 9.62 Å². The molecule has 1 amide bonds. The molecule has 1 unspecified atom stereocenters. The summed E-state index contributed by atoms with van der Waals surface area (Å²) in [5, 5.41) is 4.83. The number of carbonyl (C=O) groups is 1. The van der Waals surface area contributed by atoms with Crippen LogP contribution in [0, 0.1) is 0 Å². The van der Waals surface area contributed by atoms with Crippen molar-refractivity contribution < 1.29 is 13.2 Å². The Morgan fingerprint density at radius 3 is 2.67 bits per heavy atom. The van der Waals surface area contributed by atoms with Crippen molar-refractivity contribution >= 4 is 27.3 Å². The molecule has 7 heteroatoms. The average molecular weight is 364 g/mol. The molecule has 0 spiro atoms. The van der Waals surface area contributed by atoms with Crippen LogP contribution >= 0.6 is 11.3 Å². The lowest BCUT2D eigenvalue weighted by Crippen LogP contribution is -2.51. The molecule has 1 aliphatic heterocycles. The molecule has 128 valence electrons. The summed E-state index contributed by atoms with van der Waals surface area (Å²) in [4.78, 5) is 13.9. The number of rotatable bonds is 5. The van der Waals surface area contributed by atoms with E-state index in [1.54, 1.807) is 41.7 Å². The fourth-order valence-electron chi connectivity index (χ4n) is 2.89. The highest BCUT2D eigenvalue weighted by Gasteiger charge is 2.37. The lowest BCUT2D eigenvalue weighted by atomic mass is 10.0. The van der Waals surface area contributed by atoms with Gasteiger partial charge in [0, 0.05) is 11.4 Å². The van der Waals surface area contributed by atoms with Gasteiger partial charge in [-0.2, -0.15) is 4.31 Å². The second-order valence-electron chi connectivity index (χ2n) is 5.74. The Morgan fingerprint density at radius 1 is 1.17 bits per heavy atom. The summed E-state index contributed by atoms with van der Waals surface area (Å²) >= 11 is 1.57. The van der Waals surface area contributed by atoms with E-state index in [1.165, 1.54) is 4.31 Å². The number of carbonyl (C=O) groups excluding carboxylic acids is 1. The fraction of sp³-hybridized carbons (Fsp3) is 0.353. The van der Waals surface area contributed by atoms with Gasteiger partial charge in [0.2, 0.25) is 15.9 Å². The van der Waals surface area contributed by atoms with Gasteiger partial charge in [-0.25, -0.2) is 8.42 Å². The summed E-state index contributed by atoms with van der Waals surface area (Å²) in [6, 6.07) is 11.6. The lowest BCUT2D eigenvalue weighted by Gasteiger charge is -2.33. The van der Waals surface area contributed by atoms with E-state index in [9.17, 15) is 13.2 Å². The Kier molecular flexibility index (Phi) is 5.33. The highest BCUT2D eigenvalue weighted by Crippen LogP contribution is 2.25. The summed E-state index contributed by atoms with van der Waals surface area (Å²) in [5.41, 5.74) is 0. The van der Waals surface area contributed by atoms with Gasteiger partial charge in [0.05, 0.1) is 11.4 Å². The molecule has 1 aliphatic rings. The molecule has 1 atom stereocenters. The van der Waals surface area contributed by atoms with Gasteiger partial charge in [-0.1, -0.05) is 30.7 Å². The number of sulfonamides is 1. The van der Waals surface area contributed by atoms with E-state index in [0.29, 0.717) is 19.5 Å². The predicted octanol–water partition coefficient (Wildman–Crippen LogP) is 2.61. The molecular weight excluding hydrogens is 344 g/mol. The van der Waals surface area contributed by atoms with Crippen molar-refractivity contribution in [2.24, 2.45) is 0 Å². The fourth-order valence-corrected chi connectivity index (χ4v) is 5.21. The molecule has 1 fully saturated rings. The zero-order valence-electron chi connectivity index (χ0n) is 13.2. The van der Waals surface area contributed by atoms with Gasteiger partial charge in [0.25, 0.3) is 0 Å². The van der Waals surface area contributed by atoms with Crippen LogP contribution in [0.3, 0.4) is 0 Å². The SMILES string of the molecule is O=C(NCc1cccs1)C1CCCCN1S(=O)(=O)c1ccccc1. The Hall–Kier alpha value is -1.70. The van der Waals surface area contributed by atoms with Crippen LogP contribution < -0.4 is 5.32 Å². The van der Waals surface area contributed by atoms with Crippen LogP contribution in [0.2, 0.25) is 0 Å². The van der Waals surface area contributed by atoms with E-state index in [0.717, 1.165) is 17.7 Å². The van der Waals surface area contributed by atoms with Gasteiger partial charge in [-0.05, 0) is 36.4 Å². The molecule has 1 N–H and O–H groups in total. The molecule has 24 heavy (non-hydrogen) atoms. The van der Waals surface area contributed by atoms with Crippen molar-refractivity contribution in [1.29, 1.82) is 0 Å². The molecule has 0 saturated carbocycles. The van der Waals surface area contributed by atoms with E-state index in [4.69, 9.17) is 0 Å². The van der Waals surface area contributed by atoms with Crippen molar-refractivity contribution in [3.63, 3.8) is 0 Å². The zero-order chi connectivity index (χ0) is 17.0. The number of hydrogen-bond acceptors (Lipinski definition) is 4. The first-order valence-electron chi connectivity index (χ1n) is 7.96. The summed E-state index contributed by atoms with van der Waals surface area (Å²) in [7, 11) is -3.65. The van der Waals surface area contributed by atoms with Crippen molar-refractivity contribution in [2.45, 2.75) is 36.7 Å². The maximum absolute atomic E-state index is 12.9. The standard InChI is InChI=1S/C17H20N2O3S2/c20-17(18-13-14-7-6-12-23-14)16-10-4-5-11-19(16)24(21,22)15-8-2-1-3-9-15/h1-3,6-9,12,16H,4-5,10-11,13H2,(H,18,20). The molecule has 1 aromatic carbocycles. The number of nitrogens with one attached hydrogen (secondary N) is 1. The highest BCUT2D eigenvalue weighted by atomic mass is 32.2. The second-order valence-corrected chi connectivity index (χ2v) is 8.66. The van der Waals surface area contributed by atoms with Crippen LogP contribution in [0.5, 0.6) is 0 Å². The van der Waals surface area contributed by atoms with Crippen molar-refractivity contribution in [3.05, 3.63) is 52.7 Å². The number of hydrogen-bond donors (Lipinski definition) is 1. The molecule has 0 radical (unpaired) electrons. The summed E-state index contributed by atoms with van der Waals surface area (Å²) < 4.78 is 27.1. The third kappa shape index (κ3) is 3.68. The summed E-state index contributed by atoms with van der Waals surface area (Å²) in [6.45, 7) is 0.820. The zero-order valence-corrected chi connectivity index (χ0v) is 14.9. The summed E-state index contributed by atoms with van der Waals surface area (Å²) in [5.74, 6) is -0.220. The van der Waals surface area contributed by atoms with E-state index < -0.39 is 16.1 Å². The van der Waals surface area contributed by atoms with E-state index in [1.807, 2.05) is 17.5 Å². The second kappa shape index (κ2) is 7.46. The smallest absolute Gasteiger partial charge is 0.243 e. The van der Waals surface area contributed by atoms with Gasteiger partial charge in [-0.15, -0.1) is 11.3 Å². The minimum absolute atomic E-state index is 0.220. The molecule has 0 bridgehead atoms. The number of thiophene rings is 1. The van der Waals surface area contributed by atoms with Gasteiger partial charge in [-0.3, -0.25) is 4.79 Å². The minimum Gasteiger partial charge on any atom is -0.350 e. The lowest BCUT2D eigenvalue weighted by molar-refractivity contribution is -0.125. The third-order valence-corrected chi connectivity index (χ3v) is 6.92.